The Labute approximate surface area is 123 Å². The summed E-state index contributed by atoms with van der Waals surface area (Å²) in [7, 11) is 0. The van der Waals surface area contributed by atoms with Crippen molar-refractivity contribution >= 4 is 29.2 Å². The Bertz CT molecular complexity index is 502. The van der Waals surface area contributed by atoms with E-state index in [4.69, 9.17) is 11.6 Å². The molecule has 0 bridgehead atoms. The standard InChI is InChI=1S/C14H18ClN3O2/c1-9(2)16-14(20)17-11-7-13(19)18(8-11)12-5-3-10(15)4-6-12/h3-6,9,11H,7-8H2,1-2H3,(H2,16,17,20)/t11-/m0/s1. The summed E-state index contributed by atoms with van der Waals surface area (Å²) < 4.78 is 0. The van der Waals surface area contributed by atoms with Crippen molar-refractivity contribution in [2.45, 2.75) is 32.4 Å². The summed E-state index contributed by atoms with van der Waals surface area (Å²) >= 11 is 5.83. The number of carbonyl (C=O) groups is 2. The second-order valence-electron chi connectivity index (χ2n) is 5.15. The maximum absolute atomic E-state index is 12.0. The van der Waals surface area contributed by atoms with Crippen LogP contribution in [0, 0.1) is 0 Å². The van der Waals surface area contributed by atoms with Crippen LogP contribution in [0.5, 0.6) is 0 Å². The van der Waals surface area contributed by atoms with Crippen LogP contribution in [0.15, 0.2) is 24.3 Å². The van der Waals surface area contributed by atoms with Crippen molar-refractivity contribution < 1.29 is 9.59 Å². The van der Waals surface area contributed by atoms with Crippen LogP contribution in [-0.2, 0) is 4.79 Å². The summed E-state index contributed by atoms with van der Waals surface area (Å²) in [6.07, 6.45) is 0.314. The number of anilines is 1. The molecule has 1 aliphatic heterocycles. The number of amides is 3. The van der Waals surface area contributed by atoms with Gasteiger partial charge in [0.1, 0.15) is 0 Å². The van der Waals surface area contributed by atoms with Crippen molar-refractivity contribution in [2.24, 2.45) is 0 Å². The third-order valence-electron chi connectivity index (χ3n) is 3.02. The quantitative estimate of drug-likeness (QED) is 0.897. The number of nitrogens with one attached hydrogen (secondary N) is 2. The number of hydrogen-bond donors (Lipinski definition) is 2. The van der Waals surface area contributed by atoms with E-state index in [9.17, 15) is 9.59 Å². The molecule has 3 amide bonds. The first-order chi connectivity index (χ1) is 9.45. The molecule has 2 rings (SSSR count). The molecular weight excluding hydrogens is 278 g/mol. The van der Waals surface area contributed by atoms with Gasteiger partial charge < -0.3 is 15.5 Å². The minimum atomic E-state index is -0.240. The van der Waals surface area contributed by atoms with Gasteiger partial charge in [-0.3, -0.25) is 4.79 Å². The molecule has 0 unspecified atom stereocenters. The molecule has 0 saturated carbocycles. The second kappa shape index (κ2) is 6.13. The zero-order valence-corrected chi connectivity index (χ0v) is 12.3. The van der Waals surface area contributed by atoms with Gasteiger partial charge in [-0.15, -0.1) is 0 Å². The molecule has 1 aliphatic rings. The Balaban J connectivity index is 1.97. The SMILES string of the molecule is CC(C)NC(=O)N[C@H]1CC(=O)N(c2ccc(Cl)cc2)C1. The van der Waals surface area contributed by atoms with E-state index < -0.39 is 0 Å². The summed E-state index contributed by atoms with van der Waals surface area (Å²) in [5.74, 6) is 0.00201. The fourth-order valence-corrected chi connectivity index (χ4v) is 2.29. The van der Waals surface area contributed by atoms with Crippen LogP contribution >= 0.6 is 11.6 Å². The number of urea groups is 1. The zero-order chi connectivity index (χ0) is 14.7. The highest BCUT2D eigenvalue weighted by molar-refractivity contribution is 6.30. The molecular formula is C14H18ClN3O2. The first kappa shape index (κ1) is 14.7. The average molecular weight is 296 g/mol. The molecule has 1 aromatic rings. The molecule has 0 aromatic heterocycles. The molecule has 6 heteroatoms. The van der Waals surface area contributed by atoms with Crippen LogP contribution < -0.4 is 15.5 Å². The minimum absolute atomic E-state index is 0.00201. The highest BCUT2D eigenvalue weighted by atomic mass is 35.5. The highest BCUT2D eigenvalue weighted by Gasteiger charge is 2.31. The molecule has 1 atom stereocenters. The van der Waals surface area contributed by atoms with Gasteiger partial charge in [0.25, 0.3) is 0 Å². The predicted molar refractivity (Wildman–Crippen MR) is 79.0 cm³/mol. The first-order valence-electron chi connectivity index (χ1n) is 6.58. The van der Waals surface area contributed by atoms with Crippen molar-refractivity contribution in [1.82, 2.24) is 10.6 Å². The van der Waals surface area contributed by atoms with E-state index in [-0.39, 0.29) is 24.0 Å². The van der Waals surface area contributed by atoms with E-state index in [1.165, 1.54) is 0 Å². The third kappa shape index (κ3) is 3.63. The molecule has 5 nitrogen and oxygen atoms in total. The summed E-state index contributed by atoms with van der Waals surface area (Å²) in [6, 6.07) is 6.76. The fourth-order valence-electron chi connectivity index (χ4n) is 2.16. The predicted octanol–water partition coefficient (Wildman–Crippen LogP) is 2.15. The van der Waals surface area contributed by atoms with Crippen LogP contribution in [0.3, 0.4) is 0 Å². The molecule has 1 fully saturated rings. The lowest BCUT2D eigenvalue weighted by atomic mass is 10.2. The molecule has 1 saturated heterocycles. The minimum Gasteiger partial charge on any atom is -0.336 e. The van der Waals surface area contributed by atoms with E-state index in [0.29, 0.717) is 18.0 Å². The van der Waals surface area contributed by atoms with Crippen LogP contribution in [0.2, 0.25) is 5.02 Å². The first-order valence-corrected chi connectivity index (χ1v) is 6.96. The van der Waals surface area contributed by atoms with Crippen LogP contribution in [0.25, 0.3) is 0 Å². The summed E-state index contributed by atoms with van der Waals surface area (Å²) in [6.45, 7) is 4.25. The van der Waals surface area contributed by atoms with Crippen molar-refractivity contribution in [3.8, 4) is 0 Å². The van der Waals surface area contributed by atoms with Gasteiger partial charge in [-0.25, -0.2) is 4.79 Å². The molecule has 0 aliphatic carbocycles. The monoisotopic (exact) mass is 295 g/mol. The Hall–Kier alpha value is -1.75. The Morgan fingerprint density at radius 1 is 1.35 bits per heavy atom. The topological polar surface area (TPSA) is 61.4 Å². The van der Waals surface area contributed by atoms with E-state index in [2.05, 4.69) is 10.6 Å². The fraction of sp³-hybridized carbons (Fsp3) is 0.429. The van der Waals surface area contributed by atoms with Gasteiger partial charge in [-0.1, -0.05) is 11.6 Å². The summed E-state index contributed by atoms with van der Waals surface area (Å²) in [5, 5.41) is 6.19. The zero-order valence-electron chi connectivity index (χ0n) is 11.5. The van der Waals surface area contributed by atoms with Gasteiger partial charge >= 0.3 is 6.03 Å². The van der Waals surface area contributed by atoms with E-state index in [0.717, 1.165) is 5.69 Å². The highest BCUT2D eigenvalue weighted by Crippen LogP contribution is 2.23. The Morgan fingerprint density at radius 3 is 2.60 bits per heavy atom. The van der Waals surface area contributed by atoms with Crippen LogP contribution in [0.4, 0.5) is 10.5 Å². The average Bonchev–Trinajstić information content (AvgIpc) is 2.70. The molecule has 20 heavy (non-hydrogen) atoms. The Morgan fingerprint density at radius 2 is 2.00 bits per heavy atom. The lowest BCUT2D eigenvalue weighted by Gasteiger charge is -2.18. The number of carbonyl (C=O) groups excluding carboxylic acids is 2. The maximum atomic E-state index is 12.0. The molecule has 2 N–H and O–H groups in total. The Kier molecular flexibility index (Phi) is 4.49. The largest absolute Gasteiger partial charge is 0.336 e. The third-order valence-corrected chi connectivity index (χ3v) is 3.27. The molecule has 1 heterocycles. The van der Waals surface area contributed by atoms with E-state index >= 15 is 0 Å². The lowest BCUT2D eigenvalue weighted by molar-refractivity contribution is -0.117. The van der Waals surface area contributed by atoms with Gasteiger partial charge in [0, 0.05) is 29.7 Å². The van der Waals surface area contributed by atoms with Gasteiger partial charge in [0.2, 0.25) is 5.91 Å². The summed E-state index contributed by atoms with van der Waals surface area (Å²) in [5.41, 5.74) is 0.799. The van der Waals surface area contributed by atoms with Crippen molar-refractivity contribution in [2.75, 3.05) is 11.4 Å². The molecule has 0 spiro atoms. The smallest absolute Gasteiger partial charge is 0.315 e. The van der Waals surface area contributed by atoms with Gasteiger partial charge in [-0.05, 0) is 38.1 Å². The van der Waals surface area contributed by atoms with E-state index in [1.807, 2.05) is 13.8 Å². The summed E-state index contributed by atoms with van der Waals surface area (Å²) in [4.78, 5) is 25.3. The van der Waals surface area contributed by atoms with Crippen molar-refractivity contribution in [1.29, 1.82) is 0 Å². The van der Waals surface area contributed by atoms with Crippen LogP contribution in [-0.4, -0.2) is 30.6 Å². The second-order valence-corrected chi connectivity index (χ2v) is 5.59. The van der Waals surface area contributed by atoms with E-state index in [1.54, 1.807) is 29.2 Å². The van der Waals surface area contributed by atoms with Crippen molar-refractivity contribution in [3.05, 3.63) is 29.3 Å². The van der Waals surface area contributed by atoms with Crippen molar-refractivity contribution in [3.63, 3.8) is 0 Å². The normalized spacial score (nSPS) is 18.5. The number of benzene rings is 1. The molecule has 0 radical (unpaired) electrons. The maximum Gasteiger partial charge on any atom is 0.315 e. The molecule has 108 valence electrons. The van der Waals surface area contributed by atoms with Gasteiger partial charge in [-0.2, -0.15) is 0 Å². The number of rotatable bonds is 3. The van der Waals surface area contributed by atoms with Gasteiger partial charge in [0.05, 0.1) is 6.04 Å². The van der Waals surface area contributed by atoms with Gasteiger partial charge in [0.15, 0.2) is 0 Å². The molecule has 1 aromatic carbocycles. The lowest BCUT2D eigenvalue weighted by Crippen LogP contribution is -2.45. The number of hydrogen-bond acceptors (Lipinski definition) is 2. The van der Waals surface area contributed by atoms with Crippen LogP contribution in [0.1, 0.15) is 20.3 Å². The number of halogens is 1. The number of nitrogens with zero attached hydrogens (tertiary/aromatic N) is 1.